The Bertz CT molecular complexity index is 1100. The normalized spacial score (nSPS) is 11.0. The number of halogens is 1. The van der Waals surface area contributed by atoms with Crippen molar-refractivity contribution in [1.82, 2.24) is 0 Å². The molecule has 0 aromatic heterocycles. The van der Waals surface area contributed by atoms with E-state index in [0.717, 1.165) is 4.31 Å². The van der Waals surface area contributed by atoms with E-state index in [1.165, 1.54) is 30.3 Å². The molecule has 30 heavy (non-hydrogen) atoms. The molecule has 0 radical (unpaired) electrons. The predicted molar refractivity (Wildman–Crippen MR) is 114 cm³/mol. The Morgan fingerprint density at radius 1 is 0.967 bits per heavy atom. The van der Waals surface area contributed by atoms with E-state index in [0.29, 0.717) is 12.4 Å². The molecule has 156 valence electrons. The average molecular weight is 428 g/mol. The molecule has 3 rings (SSSR count). The summed E-state index contributed by atoms with van der Waals surface area (Å²) in [6.45, 7) is 1.78. The quantitative estimate of drug-likeness (QED) is 0.587. The highest BCUT2D eigenvalue weighted by molar-refractivity contribution is 7.92. The first-order chi connectivity index (χ1) is 14.4. The van der Waals surface area contributed by atoms with Gasteiger partial charge in [0.15, 0.2) is 0 Å². The lowest BCUT2D eigenvalue weighted by molar-refractivity contribution is -0.114. The maximum absolute atomic E-state index is 13.9. The summed E-state index contributed by atoms with van der Waals surface area (Å²) in [5.74, 6) is -0.702. The minimum absolute atomic E-state index is 0.0220. The van der Waals surface area contributed by atoms with Crippen LogP contribution in [0.1, 0.15) is 6.92 Å². The molecule has 3 aromatic carbocycles. The highest BCUT2D eigenvalue weighted by Gasteiger charge is 2.27. The summed E-state index contributed by atoms with van der Waals surface area (Å²) in [7, 11) is -4.04. The molecule has 0 bridgehead atoms. The lowest BCUT2D eigenvalue weighted by Crippen LogP contribution is -2.38. The predicted octanol–water partition coefficient (Wildman–Crippen LogP) is 4.06. The van der Waals surface area contributed by atoms with Gasteiger partial charge in [-0.1, -0.05) is 30.3 Å². The second-order valence-corrected chi connectivity index (χ2v) is 8.14. The number of ether oxygens (including phenoxy) is 1. The van der Waals surface area contributed by atoms with E-state index < -0.39 is 28.3 Å². The second-order valence-electron chi connectivity index (χ2n) is 6.28. The van der Waals surface area contributed by atoms with Crippen molar-refractivity contribution >= 4 is 27.3 Å². The molecule has 1 N–H and O–H groups in total. The molecule has 0 saturated carbocycles. The van der Waals surface area contributed by atoms with Crippen molar-refractivity contribution in [3.8, 4) is 5.75 Å². The standard InChI is InChI=1S/C22H21FN2O4S/c1-2-29-18-14-12-17(13-15-18)25(30(27,28)19-8-4-3-5-9-19)16-22(26)24-21-11-7-6-10-20(21)23/h3-15H,2,16H2,1H3,(H,24,26). The molecule has 0 aliphatic rings. The Morgan fingerprint density at radius 2 is 1.60 bits per heavy atom. The molecule has 0 fully saturated rings. The molecule has 0 aliphatic carbocycles. The number of carbonyl (C=O) groups excluding carboxylic acids is 1. The van der Waals surface area contributed by atoms with Crippen LogP contribution in [-0.2, 0) is 14.8 Å². The van der Waals surface area contributed by atoms with Gasteiger partial charge in [-0.15, -0.1) is 0 Å². The van der Waals surface area contributed by atoms with Crippen LogP contribution in [0.5, 0.6) is 5.75 Å². The van der Waals surface area contributed by atoms with Crippen LogP contribution in [0.15, 0.2) is 83.8 Å². The minimum Gasteiger partial charge on any atom is -0.494 e. The van der Waals surface area contributed by atoms with Crippen molar-refractivity contribution in [2.75, 3.05) is 22.8 Å². The third-order valence-electron chi connectivity index (χ3n) is 4.20. The van der Waals surface area contributed by atoms with Gasteiger partial charge in [0.25, 0.3) is 10.0 Å². The van der Waals surface area contributed by atoms with E-state index in [4.69, 9.17) is 4.74 Å². The van der Waals surface area contributed by atoms with Crippen LogP contribution in [0.25, 0.3) is 0 Å². The van der Waals surface area contributed by atoms with Crippen LogP contribution in [-0.4, -0.2) is 27.5 Å². The third kappa shape index (κ3) is 4.96. The first-order valence-electron chi connectivity index (χ1n) is 9.27. The Balaban J connectivity index is 1.93. The van der Waals surface area contributed by atoms with Crippen molar-refractivity contribution in [2.24, 2.45) is 0 Å². The van der Waals surface area contributed by atoms with E-state index in [1.54, 1.807) is 48.5 Å². The zero-order chi connectivity index (χ0) is 21.6. The third-order valence-corrected chi connectivity index (χ3v) is 5.99. The summed E-state index contributed by atoms with van der Waals surface area (Å²) in [5.41, 5.74) is 0.261. The first kappa shape index (κ1) is 21.3. The molecule has 8 heteroatoms. The molecular formula is C22H21FN2O4S. The van der Waals surface area contributed by atoms with Crippen LogP contribution in [0, 0.1) is 5.82 Å². The van der Waals surface area contributed by atoms with Gasteiger partial charge in [0.05, 0.1) is 22.9 Å². The van der Waals surface area contributed by atoms with Gasteiger partial charge in [-0.05, 0) is 55.5 Å². The Labute approximate surface area is 175 Å². The maximum atomic E-state index is 13.9. The molecule has 3 aromatic rings. The van der Waals surface area contributed by atoms with E-state index in [-0.39, 0.29) is 16.3 Å². The summed E-state index contributed by atoms with van der Waals surface area (Å²) in [5, 5.41) is 2.42. The second kappa shape index (κ2) is 9.41. The lowest BCUT2D eigenvalue weighted by atomic mass is 10.3. The van der Waals surface area contributed by atoms with E-state index in [1.807, 2.05) is 6.92 Å². The number of hydrogen-bond acceptors (Lipinski definition) is 4. The van der Waals surface area contributed by atoms with Gasteiger partial charge in [0.1, 0.15) is 18.1 Å². The Kier molecular flexibility index (Phi) is 6.68. The summed E-state index contributed by atoms with van der Waals surface area (Å²) in [6, 6.07) is 19.8. The minimum atomic E-state index is -4.04. The molecule has 6 nitrogen and oxygen atoms in total. The number of nitrogens with one attached hydrogen (secondary N) is 1. The van der Waals surface area contributed by atoms with Crippen molar-refractivity contribution in [1.29, 1.82) is 0 Å². The molecule has 0 atom stereocenters. The summed E-state index contributed by atoms with van der Waals surface area (Å²) >= 11 is 0. The molecular weight excluding hydrogens is 407 g/mol. The number of anilines is 2. The average Bonchev–Trinajstić information content (AvgIpc) is 2.75. The molecule has 0 heterocycles. The van der Waals surface area contributed by atoms with Gasteiger partial charge < -0.3 is 10.1 Å². The summed E-state index contributed by atoms with van der Waals surface area (Å²) in [4.78, 5) is 12.6. The molecule has 0 saturated heterocycles. The topological polar surface area (TPSA) is 75.7 Å². The summed E-state index contributed by atoms with van der Waals surface area (Å²) in [6.07, 6.45) is 0. The largest absolute Gasteiger partial charge is 0.494 e. The van der Waals surface area contributed by atoms with Gasteiger partial charge in [-0.25, -0.2) is 12.8 Å². The van der Waals surface area contributed by atoms with Crippen LogP contribution >= 0.6 is 0 Å². The zero-order valence-corrected chi connectivity index (χ0v) is 17.1. The number of rotatable bonds is 8. The van der Waals surface area contributed by atoms with Crippen LogP contribution in [0.2, 0.25) is 0 Å². The van der Waals surface area contributed by atoms with Gasteiger partial charge in [0, 0.05) is 0 Å². The number of sulfonamides is 1. The number of benzene rings is 3. The van der Waals surface area contributed by atoms with Crippen molar-refractivity contribution < 1.29 is 22.3 Å². The van der Waals surface area contributed by atoms with Crippen molar-refractivity contribution in [2.45, 2.75) is 11.8 Å². The monoisotopic (exact) mass is 428 g/mol. The van der Waals surface area contributed by atoms with Gasteiger partial charge in [-0.3, -0.25) is 9.10 Å². The van der Waals surface area contributed by atoms with Crippen LogP contribution in [0.3, 0.4) is 0 Å². The van der Waals surface area contributed by atoms with E-state index in [9.17, 15) is 17.6 Å². The maximum Gasteiger partial charge on any atom is 0.264 e. The fourth-order valence-corrected chi connectivity index (χ4v) is 4.23. The molecule has 1 amide bonds. The highest BCUT2D eigenvalue weighted by atomic mass is 32.2. The van der Waals surface area contributed by atoms with Crippen molar-refractivity contribution in [3.63, 3.8) is 0 Å². The Morgan fingerprint density at radius 3 is 2.23 bits per heavy atom. The number of hydrogen-bond donors (Lipinski definition) is 1. The van der Waals surface area contributed by atoms with Crippen molar-refractivity contribution in [3.05, 3.63) is 84.7 Å². The number of carbonyl (C=O) groups is 1. The number of amides is 1. The van der Waals surface area contributed by atoms with Gasteiger partial charge in [-0.2, -0.15) is 0 Å². The van der Waals surface area contributed by atoms with E-state index in [2.05, 4.69) is 5.32 Å². The van der Waals surface area contributed by atoms with Crippen LogP contribution in [0.4, 0.5) is 15.8 Å². The van der Waals surface area contributed by atoms with E-state index >= 15 is 0 Å². The summed E-state index contributed by atoms with van der Waals surface area (Å²) < 4.78 is 46.7. The van der Waals surface area contributed by atoms with Gasteiger partial charge in [0.2, 0.25) is 5.91 Å². The molecule has 0 unspecified atom stereocenters. The first-order valence-corrected chi connectivity index (χ1v) is 10.7. The fraction of sp³-hybridized carbons (Fsp3) is 0.136. The highest BCUT2D eigenvalue weighted by Crippen LogP contribution is 2.26. The lowest BCUT2D eigenvalue weighted by Gasteiger charge is -2.24. The Hall–Kier alpha value is -3.39. The van der Waals surface area contributed by atoms with Gasteiger partial charge >= 0.3 is 0 Å². The smallest absolute Gasteiger partial charge is 0.264 e. The number of nitrogens with zero attached hydrogens (tertiary/aromatic N) is 1. The molecule has 0 spiro atoms. The fourth-order valence-electron chi connectivity index (χ4n) is 2.79. The van der Waals surface area contributed by atoms with Crippen LogP contribution < -0.4 is 14.4 Å². The molecule has 0 aliphatic heterocycles. The number of para-hydroxylation sites is 1. The zero-order valence-electron chi connectivity index (χ0n) is 16.3. The SMILES string of the molecule is CCOc1ccc(N(CC(=O)Nc2ccccc2F)S(=O)(=O)c2ccccc2)cc1.